The van der Waals surface area contributed by atoms with Crippen molar-refractivity contribution in [3.05, 3.63) is 0 Å². The molecule has 0 aromatic rings. The van der Waals surface area contributed by atoms with Crippen LogP contribution in [0.5, 0.6) is 0 Å². The highest BCUT2D eigenvalue weighted by Crippen LogP contribution is 2.43. The van der Waals surface area contributed by atoms with Crippen molar-refractivity contribution in [2.75, 3.05) is 42.0 Å². The molecular formula is C22H46S20. The Bertz CT molecular complexity index is 583. The van der Waals surface area contributed by atoms with Gasteiger partial charge in [0.15, 0.2) is 0 Å². The molecule has 0 nitrogen and oxygen atoms in total. The maximum Gasteiger partial charge on any atom is 0.0365 e. The minimum Gasteiger partial charge on any atom is -0.178 e. The smallest absolute Gasteiger partial charge is 0.0365 e. The summed E-state index contributed by atoms with van der Waals surface area (Å²) in [5.41, 5.74) is 0. The van der Waals surface area contributed by atoms with Gasteiger partial charge in [0.05, 0.1) is 0 Å². The quantitative estimate of drug-likeness (QED) is 0.0291. The van der Waals surface area contributed by atoms with Crippen molar-refractivity contribution in [2.24, 2.45) is 0 Å². The summed E-state index contributed by atoms with van der Waals surface area (Å²) in [6.45, 7) is 0. The van der Waals surface area contributed by atoms with Crippen LogP contribution in [0.1, 0.15) is 12.8 Å². The number of hydrogen-bond donors (Lipinski definition) is 14. The lowest BCUT2D eigenvalue weighted by Crippen LogP contribution is -2.43. The highest BCUT2D eigenvalue weighted by molar-refractivity contribution is 8.14. The molecule has 0 aliphatic heterocycles. The predicted molar refractivity (Wildman–Crippen MR) is 265 cm³/mol. The van der Waals surface area contributed by atoms with Gasteiger partial charge in [0.25, 0.3) is 0 Å². The second-order valence-electron chi connectivity index (χ2n) is 8.80. The summed E-state index contributed by atoms with van der Waals surface area (Å²) in [7, 11) is 0. The molecule has 254 valence electrons. The predicted octanol–water partition coefficient (Wildman–Crippen LogP) is 9.35. The van der Waals surface area contributed by atoms with Gasteiger partial charge in [0.1, 0.15) is 0 Å². The molecule has 0 amide bonds. The highest BCUT2D eigenvalue weighted by Gasteiger charge is 2.39. The lowest BCUT2D eigenvalue weighted by Gasteiger charge is -2.39. The van der Waals surface area contributed by atoms with Crippen molar-refractivity contribution in [3.63, 3.8) is 0 Å². The summed E-state index contributed by atoms with van der Waals surface area (Å²) in [6, 6.07) is 0. The van der Waals surface area contributed by atoms with E-state index in [4.69, 9.17) is 75.8 Å². The van der Waals surface area contributed by atoms with Crippen molar-refractivity contribution < 1.29 is 0 Å². The molecule has 0 saturated heterocycles. The summed E-state index contributed by atoms with van der Waals surface area (Å²) >= 11 is 77.8. The summed E-state index contributed by atoms with van der Waals surface area (Å²) in [6.07, 6.45) is 1.66. The van der Waals surface area contributed by atoms with Gasteiger partial charge in [0.2, 0.25) is 0 Å². The minimum absolute atomic E-state index is 0.0789. The Labute approximate surface area is 359 Å². The van der Waals surface area contributed by atoms with Gasteiger partial charge in [-0.05, 0) is 12.8 Å². The zero-order valence-electron chi connectivity index (χ0n) is 22.7. The first-order chi connectivity index (χ1) is 20.0. The van der Waals surface area contributed by atoms with E-state index >= 15 is 0 Å². The Morgan fingerprint density at radius 3 is 0.595 bits per heavy atom. The zero-order chi connectivity index (χ0) is 32.2. The maximum atomic E-state index is 5.22. The fourth-order valence-electron chi connectivity index (χ4n) is 4.30. The van der Waals surface area contributed by atoms with Crippen LogP contribution in [0.2, 0.25) is 0 Å². The van der Waals surface area contributed by atoms with E-state index in [9.17, 15) is 0 Å². The van der Waals surface area contributed by atoms with E-state index in [1.807, 2.05) is 47.0 Å². The lowest BCUT2D eigenvalue weighted by molar-refractivity contribution is 0.602. The highest BCUT2D eigenvalue weighted by atomic mass is 32.2. The van der Waals surface area contributed by atoms with Crippen LogP contribution < -0.4 is 0 Å². The fourth-order valence-corrected chi connectivity index (χ4v) is 19.4. The van der Waals surface area contributed by atoms with Crippen molar-refractivity contribution in [3.8, 4) is 0 Å². The van der Waals surface area contributed by atoms with Crippen LogP contribution >= 0.6 is 247 Å². The van der Waals surface area contributed by atoms with E-state index in [-0.39, 0.29) is 63.0 Å². The van der Waals surface area contributed by atoms with Crippen molar-refractivity contribution >= 4 is 247 Å². The molecule has 12 atom stereocenters. The number of rotatable bonds is 27. The molecule has 0 heterocycles. The van der Waals surface area contributed by atoms with Crippen LogP contribution in [-0.4, -0.2) is 105 Å². The lowest BCUT2D eigenvalue weighted by atomic mass is 10.0. The van der Waals surface area contributed by atoms with Crippen molar-refractivity contribution in [2.45, 2.75) is 75.8 Å². The van der Waals surface area contributed by atoms with Gasteiger partial charge in [-0.1, -0.05) is 0 Å². The van der Waals surface area contributed by atoms with Crippen LogP contribution in [0.25, 0.3) is 0 Å². The number of thioether (sulfide) groups is 6. The normalized spacial score (nSPS) is 21.0. The third-order valence-electron chi connectivity index (χ3n) is 6.19. The molecule has 0 aliphatic carbocycles. The molecule has 12 unspecified atom stereocenters. The monoisotopic (exact) mass is 950 g/mol. The topological polar surface area (TPSA) is 0 Å². The average molecular weight is 952 g/mol. The molecule has 0 fully saturated rings. The summed E-state index contributed by atoms with van der Waals surface area (Å²) in [5, 5.41) is 6.24. The van der Waals surface area contributed by atoms with Crippen molar-refractivity contribution in [1.82, 2.24) is 0 Å². The van der Waals surface area contributed by atoms with Gasteiger partial charge in [-0.3, -0.25) is 0 Å². The zero-order valence-corrected chi connectivity index (χ0v) is 40.1. The SMILES string of the molecule is SCSC(C(S)CS)C(SCS)C(S)CC(S)C(SCS)C(SCS)C(S)CC(S)C(SCS)C(SCS)C(S)CS. The molecule has 0 aliphatic rings. The molecule has 0 saturated carbocycles. The van der Waals surface area contributed by atoms with Gasteiger partial charge in [-0.25, -0.2) is 0 Å². The Hall–Kier alpha value is 7.00. The Kier molecular flexibility index (Phi) is 35.5. The Morgan fingerprint density at radius 1 is 0.286 bits per heavy atom. The Morgan fingerprint density at radius 2 is 0.452 bits per heavy atom. The van der Waals surface area contributed by atoms with Crippen LogP contribution in [0.15, 0.2) is 0 Å². The largest absolute Gasteiger partial charge is 0.178 e. The van der Waals surface area contributed by atoms with E-state index in [1.54, 1.807) is 23.5 Å². The van der Waals surface area contributed by atoms with Crippen molar-refractivity contribution in [1.29, 1.82) is 0 Å². The van der Waals surface area contributed by atoms with Gasteiger partial charge in [-0.2, -0.15) is 177 Å². The number of thiol groups is 14. The van der Waals surface area contributed by atoms with E-state index in [2.05, 4.69) is 101 Å². The first kappa shape index (κ1) is 49.0. The minimum atomic E-state index is 0.0789. The van der Waals surface area contributed by atoms with Gasteiger partial charge < -0.3 is 0 Å². The second kappa shape index (κ2) is 30.5. The third-order valence-corrected chi connectivity index (χ3v) is 22.0. The fraction of sp³-hybridized carbons (Fsp3) is 1.00. The second-order valence-corrected chi connectivity index (χ2v) is 25.0. The molecule has 20 heteroatoms. The molecule has 42 heavy (non-hydrogen) atoms. The molecule has 0 aromatic heterocycles. The third kappa shape index (κ3) is 18.7. The van der Waals surface area contributed by atoms with E-state index in [0.717, 1.165) is 23.0 Å². The Balaban J connectivity index is 6.01. The molecule has 0 radical (unpaired) electrons. The maximum absolute atomic E-state index is 5.22. The van der Waals surface area contributed by atoms with Gasteiger partial charge >= 0.3 is 0 Å². The van der Waals surface area contributed by atoms with Gasteiger partial charge in [0, 0.05) is 105 Å². The van der Waals surface area contributed by atoms with E-state index in [1.165, 1.54) is 0 Å². The summed E-state index contributed by atoms with van der Waals surface area (Å²) < 4.78 is 0. The molecule has 0 N–H and O–H groups in total. The molecular weight excluding hydrogens is 906 g/mol. The van der Waals surface area contributed by atoms with Gasteiger partial charge in [-0.15, -0.1) is 70.6 Å². The summed E-state index contributed by atoms with van der Waals surface area (Å²) in [5.74, 6) is 1.38. The molecule has 0 spiro atoms. The van der Waals surface area contributed by atoms with Crippen LogP contribution in [0.4, 0.5) is 0 Å². The van der Waals surface area contributed by atoms with Crippen LogP contribution in [-0.2, 0) is 0 Å². The van der Waals surface area contributed by atoms with Crippen LogP contribution in [0.3, 0.4) is 0 Å². The standard InChI is InChI=1S/C22H46S20/c23-3-15(35)21(41-9-29)19(39-7-27)13(33)1-11(31)17(37-5-25)18(38-6-26)12(32)2-14(34)20(40-8-28)22(42-10-30)16(36)4-24/h11-36H,1-10H2. The first-order valence-corrected chi connectivity index (χ1v) is 27.1. The first-order valence-electron chi connectivity index (χ1n) is 12.7. The molecule has 0 rings (SSSR count). The molecule has 0 bridgehead atoms. The molecule has 0 aromatic carbocycles. The van der Waals surface area contributed by atoms with Crippen LogP contribution in [0, 0.1) is 0 Å². The van der Waals surface area contributed by atoms with E-state index in [0.29, 0.717) is 31.8 Å². The number of hydrogen-bond acceptors (Lipinski definition) is 20. The average Bonchev–Trinajstić information content (AvgIpc) is 2.97. The summed E-state index contributed by atoms with van der Waals surface area (Å²) in [4.78, 5) is 0. The van der Waals surface area contributed by atoms with E-state index < -0.39 is 0 Å².